The molecule has 0 radical (unpaired) electrons. The molecular formula is C18H16Cl2N2O2S. The number of benzene rings is 2. The number of hydrogen-bond acceptors (Lipinski definition) is 3. The van der Waals surface area contributed by atoms with Gasteiger partial charge in [-0.15, -0.1) is 11.6 Å². The van der Waals surface area contributed by atoms with Crippen LogP contribution in [0.2, 0.25) is 5.02 Å². The molecule has 25 heavy (non-hydrogen) atoms. The molecule has 0 amide bonds. The van der Waals surface area contributed by atoms with Crippen LogP contribution in [-0.2, 0) is 22.1 Å². The van der Waals surface area contributed by atoms with Crippen molar-refractivity contribution >= 4 is 33.0 Å². The molecule has 1 unspecified atom stereocenters. The van der Waals surface area contributed by atoms with Gasteiger partial charge in [-0.05, 0) is 35.4 Å². The van der Waals surface area contributed by atoms with E-state index in [1.54, 1.807) is 61.1 Å². The molecule has 2 aromatic carbocycles. The van der Waals surface area contributed by atoms with E-state index in [9.17, 15) is 8.42 Å². The van der Waals surface area contributed by atoms with Gasteiger partial charge in [0.2, 0.25) is 0 Å². The third-order valence-corrected chi connectivity index (χ3v) is 6.15. The molecule has 0 N–H and O–H groups in total. The molecule has 3 rings (SSSR count). The Hall–Kier alpha value is -1.82. The Morgan fingerprint density at radius 3 is 2.32 bits per heavy atom. The number of hydrogen-bond donors (Lipinski definition) is 0. The minimum Gasteiger partial charge on any atom is -0.336 e. The summed E-state index contributed by atoms with van der Waals surface area (Å²) in [4.78, 5) is 4.25. The first-order valence-corrected chi connectivity index (χ1v) is 10.1. The van der Waals surface area contributed by atoms with E-state index >= 15 is 0 Å². The summed E-state index contributed by atoms with van der Waals surface area (Å²) in [6.07, 6.45) is 5.22. The molecule has 0 spiro atoms. The first-order valence-electron chi connectivity index (χ1n) is 7.61. The van der Waals surface area contributed by atoms with Crippen LogP contribution in [0.4, 0.5) is 0 Å². The highest BCUT2D eigenvalue weighted by atomic mass is 35.5. The number of alkyl halides is 1. The van der Waals surface area contributed by atoms with Crippen LogP contribution in [0.15, 0.2) is 72.1 Å². The van der Waals surface area contributed by atoms with E-state index in [0.717, 1.165) is 5.56 Å². The summed E-state index contributed by atoms with van der Waals surface area (Å²) in [5.74, 6) is -0.0666. The number of aromatic nitrogens is 2. The molecule has 0 saturated heterocycles. The van der Waals surface area contributed by atoms with Crippen molar-refractivity contribution in [3.8, 4) is 0 Å². The lowest BCUT2D eigenvalue weighted by molar-refractivity contribution is 0.595. The molecule has 4 nitrogen and oxygen atoms in total. The van der Waals surface area contributed by atoms with Gasteiger partial charge >= 0.3 is 0 Å². The SMILES string of the molecule is O=S(=O)(Cc1ccc(Cl)cc1)c1ccc(C(Cl)Cn2ccnc2)cc1. The van der Waals surface area contributed by atoms with Crippen LogP contribution in [0.25, 0.3) is 0 Å². The molecular weight excluding hydrogens is 379 g/mol. The molecule has 1 heterocycles. The second-order valence-electron chi connectivity index (χ2n) is 5.68. The van der Waals surface area contributed by atoms with Crippen LogP contribution >= 0.6 is 23.2 Å². The Bertz CT molecular complexity index is 922. The highest BCUT2D eigenvalue weighted by molar-refractivity contribution is 7.90. The van der Waals surface area contributed by atoms with E-state index in [0.29, 0.717) is 17.1 Å². The third-order valence-electron chi connectivity index (χ3n) is 3.80. The maximum absolute atomic E-state index is 12.5. The summed E-state index contributed by atoms with van der Waals surface area (Å²) in [5.41, 5.74) is 1.56. The predicted octanol–water partition coefficient (Wildman–Crippen LogP) is 4.49. The zero-order chi connectivity index (χ0) is 17.9. The summed E-state index contributed by atoms with van der Waals surface area (Å²) in [6.45, 7) is 0.568. The minimum atomic E-state index is -3.42. The van der Waals surface area contributed by atoms with E-state index in [1.165, 1.54) is 0 Å². The second-order valence-corrected chi connectivity index (χ2v) is 8.63. The average Bonchev–Trinajstić information content (AvgIpc) is 3.10. The Morgan fingerprint density at radius 2 is 1.72 bits per heavy atom. The number of halogens is 2. The topological polar surface area (TPSA) is 52.0 Å². The van der Waals surface area contributed by atoms with Gasteiger partial charge in [-0.3, -0.25) is 0 Å². The van der Waals surface area contributed by atoms with Crippen molar-refractivity contribution in [3.63, 3.8) is 0 Å². The molecule has 0 saturated carbocycles. The Labute approximate surface area is 157 Å². The van der Waals surface area contributed by atoms with Crippen molar-refractivity contribution in [2.45, 2.75) is 22.6 Å². The highest BCUT2D eigenvalue weighted by Gasteiger charge is 2.16. The second kappa shape index (κ2) is 7.60. The summed E-state index contributed by atoms with van der Waals surface area (Å²) >= 11 is 12.2. The van der Waals surface area contributed by atoms with E-state index < -0.39 is 9.84 Å². The van der Waals surface area contributed by atoms with Gasteiger partial charge in [0, 0.05) is 24.0 Å². The Balaban J connectivity index is 1.73. The molecule has 1 aromatic heterocycles. The quantitative estimate of drug-likeness (QED) is 0.578. The highest BCUT2D eigenvalue weighted by Crippen LogP contribution is 2.25. The van der Waals surface area contributed by atoms with Crippen molar-refractivity contribution in [1.82, 2.24) is 9.55 Å². The number of sulfone groups is 1. The molecule has 130 valence electrons. The summed E-state index contributed by atoms with van der Waals surface area (Å²) in [5, 5.41) is 0.318. The van der Waals surface area contributed by atoms with E-state index in [2.05, 4.69) is 4.98 Å². The fourth-order valence-corrected chi connectivity index (χ4v) is 4.23. The van der Waals surface area contributed by atoms with E-state index in [1.807, 2.05) is 10.8 Å². The molecule has 0 aliphatic rings. The predicted molar refractivity (Wildman–Crippen MR) is 99.6 cm³/mol. The normalized spacial score (nSPS) is 12.9. The first-order chi connectivity index (χ1) is 11.9. The number of imidazole rings is 1. The number of rotatable bonds is 6. The van der Waals surface area contributed by atoms with Crippen molar-refractivity contribution in [3.05, 3.63) is 83.4 Å². The lowest BCUT2D eigenvalue weighted by atomic mass is 10.1. The summed E-state index contributed by atoms with van der Waals surface area (Å²) in [7, 11) is -3.42. The van der Waals surface area contributed by atoms with Gasteiger partial charge in [0.1, 0.15) is 0 Å². The van der Waals surface area contributed by atoms with Crippen molar-refractivity contribution in [2.75, 3.05) is 0 Å². The van der Waals surface area contributed by atoms with Crippen molar-refractivity contribution in [1.29, 1.82) is 0 Å². The lowest BCUT2D eigenvalue weighted by Crippen LogP contribution is -2.06. The maximum Gasteiger partial charge on any atom is 0.182 e. The molecule has 0 bridgehead atoms. The molecule has 0 aliphatic carbocycles. The average molecular weight is 395 g/mol. The van der Waals surface area contributed by atoms with Crippen LogP contribution in [-0.4, -0.2) is 18.0 Å². The van der Waals surface area contributed by atoms with Crippen LogP contribution in [0.3, 0.4) is 0 Å². The van der Waals surface area contributed by atoms with Gasteiger partial charge in [0.15, 0.2) is 9.84 Å². The fourth-order valence-electron chi connectivity index (χ4n) is 2.45. The Morgan fingerprint density at radius 1 is 1.04 bits per heavy atom. The largest absolute Gasteiger partial charge is 0.336 e. The minimum absolute atomic E-state index is 0.0666. The molecule has 3 aromatic rings. The Kier molecular flexibility index (Phi) is 5.47. The van der Waals surface area contributed by atoms with Gasteiger partial charge in [-0.1, -0.05) is 35.9 Å². The monoisotopic (exact) mass is 394 g/mol. The van der Waals surface area contributed by atoms with Crippen LogP contribution < -0.4 is 0 Å². The third kappa shape index (κ3) is 4.63. The van der Waals surface area contributed by atoms with Gasteiger partial charge < -0.3 is 4.57 Å². The summed E-state index contributed by atoms with van der Waals surface area (Å²) < 4.78 is 27.0. The zero-order valence-corrected chi connectivity index (χ0v) is 15.5. The van der Waals surface area contributed by atoms with Gasteiger partial charge in [-0.2, -0.15) is 0 Å². The van der Waals surface area contributed by atoms with Gasteiger partial charge in [0.25, 0.3) is 0 Å². The van der Waals surface area contributed by atoms with Crippen LogP contribution in [0, 0.1) is 0 Å². The maximum atomic E-state index is 12.5. The van der Waals surface area contributed by atoms with Crippen LogP contribution in [0.1, 0.15) is 16.5 Å². The van der Waals surface area contributed by atoms with Crippen LogP contribution in [0.5, 0.6) is 0 Å². The molecule has 7 heteroatoms. The standard InChI is InChI=1S/C18H16Cl2N2O2S/c19-16-5-1-14(2-6-16)12-25(23,24)17-7-3-15(4-8-17)18(20)11-22-10-9-21-13-22/h1-10,13,18H,11-12H2. The van der Waals surface area contributed by atoms with Gasteiger partial charge in [-0.25, -0.2) is 13.4 Å². The molecule has 1 atom stereocenters. The molecule has 0 aliphatic heterocycles. The van der Waals surface area contributed by atoms with E-state index in [4.69, 9.17) is 23.2 Å². The first kappa shape index (κ1) is 18.0. The van der Waals surface area contributed by atoms with Crippen molar-refractivity contribution < 1.29 is 8.42 Å². The number of nitrogens with zero attached hydrogens (tertiary/aromatic N) is 2. The zero-order valence-electron chi connectivity index (χ0n) is 13.2. The smallest absolute Gasteiger partial charge is 0.182 e. The molecule has 0 fully saturated rings. The summed E-state index contributed by atoms with van der Waals surface area (Å²) in [6, 6.07) is 13.5. The lowest BCUT2D eigenvalue weighted by Gasteiger charge is -2.12. The van der Waals surface area contributed by atoms with Gasteiger partial charge in [0.05, 0.1) is 22.4 Å². The van der Waals surface area contributed by atoms with E-state index in [-0.39, 0.29) is 16.0 Å². The fraction of sp³-hybridized carbons (Fsp3) is 0.167. The van der Waals surface area contributed by atoms with Crippen molar-refractivity contribution in [2.24, 2.45) is 0 Å².